The molecule has 1 rings (SSSR count). The molecule has 0 heterocycles. The second-order valence-electron chi connectivity index (χ2n) is 5.49. The van der Waals surface area contributed by atoms with E-state index < -0.39 is 0 Å². The zero-order valence-corrected chi connectivity index (χ0v) is 13.7. The van der Waals surface area contributed by atoms with Gasteiger partial charge in [-0.05, 0) is 37.0 Å². The minimum atomic E-state index is 0.340. The molecular formula is C18H27NO2. The summed E-state index contributed by atoms with van der Waals surface area (Å²) in [7, 11) is 1.63. The molecule has 1 unspecified atom stereocenters. The summed E-state index contributed by atoms with van der Waals surface area (Å²) in [5, 5.41) is 8.91. The van der Waals surface area contributed by atoms with E-state index in [1.165, 1.54) is 19.3 Å². The highest BCUT2D eigenvalue weighted by Gasteiger charge is 2.11. The molecule has 0 aliphatic carbocycles. The number of benzene rings is 1. The van der Waals surface area contributed by atoms with Crippen molar-refractivity contribution in [2.45, 2.75) is 52.9 Å². The van der Waals surface area contributed by atoms with E-state index in [2.05, 4.69) is 19.9 Å². The van der Waals surface area contributed by atoms with Crippen LogP contribution in [0.25, 0.3) is 0 Å². The van der Waals surface area contributed by atoms with Crippen molar-refractivity contribution in [3.8, 4) is 17.6 Å². The first-order valence-electron chi connectivity index (χ1n) is 7.83. The molecule has 0 radical (unpaired) electrons. The van der Waals surface area contributed by atoms with Crippen LogP contribution < -0.4 is 9.47 Å². The molecule has 0 bridgehead atoms. The van der Waals surface area contributed by atoms with E-state index in [4.69, 9.17) is 14.7 Å². The summed E-state index contributed by atoms with van der Waals surface area (Å²) in [5.74, 6) is 2.24. The highest BCUT2D eigenvalue weighted by molar-refractivity contribution is 5.46. The quantitative estimate of drug-likeness (QED) is 0.663. The predicted octanol–water partition coefficient (Wildman–Crippen LogP) is 4.66. The molecule has 3 heteroatoms. The van der Waals surface area contributed by atoms with E-state index >= 15 is 0 Å². The van der Waals surface area contributed by atoms with Gasteiger partial charge in [-0.25, -0.2) is 0 Å². The third-order valence-corrected chi connectivity index (χ3v) is 3.87. The van der Waals surface area contributed by atoms with Crippen LogP contribution in [0.15, 0.2) is 12.1 Å². The molecule has 0 N–H and O–H groups in total. The summed E-state index contributed by atoms with van der Waals surface area (Å²) < 4.78 is 11.3. The lowest BCUT2D eigenvalue weighted by atomic mass is 10.0. The maximum Gasteiger partial charge on any atom is 0.123 e. The lowest BCUT2D eigenvalue weighted by Crippen LogP contribution is -2.12. The molecular weight excluding hydrogens is 262 g/mol. The van der Waals surface area contributed by atoms with Gasteiger partial charge in [0.2, 0.25) is 0 Å². The number of methoxy groups -OCH3 is 1. The molecule has 1 atom stereocenters. The summed E-state index contributed by atoms with van der Waals surface area (Å²) in [6.45, 7) is 7.19. The van der Waals surface area contributed by atoms with Crippen LogP contribution in [0.1, 0.15) is 50.7 Å². The van der Waals surface area contributed by atoms with Crippen LogP contribution >= 0.6 is 0 Å². The second kappa shape index (κ2) is 9.28. The number of nitrogens with zero attached hydrogens (tertiary/aromatic N) is 1. The number of rotatable bonds is 9. The highest BCUT2D eigenvalue weighted by Crippen LogP contribution is 2.29. The van der Waals surface area contributed by atoms with Gasteiger partial charge in [0.1, 0.15) is 11.5 Å². The standard InChI is InChI=1S/C18H27NO2/c1-5-7-8-15(6-2)13-21-17-12-16(9-10-19)18(20-4)11-14(17)3/h11-12,15H,5-9,13H2,1-4H3. The van der Waals surface area contributed by atoms with Gasteiger partial charge >= 0.3 is 0 Å². The maximum absolute atomic E-state index is 8.91. The molecule has 0 aromatic heterocycles. The van der Waals surface area contributed by atoms with Gasteiger partial charge in [0.25, 0.3) is 0 Å². The summed E-state index contributed by atoms with van der Waals surface area (Å²) in [6.07, 6.45) is 5.17. The first-order chi connectivity index (χ1) is 10.2. The molecule has 21 heavy (non-hydrogen) atoms. The minimum absolute atomic E-state index is 0.340. The van der Waals surface area contributed by atoms with Gasteiger partial charge < -0.3 is 9.47 Å². The molecule has 0 aliphatic heterocycles. The molecule has 0 aliphatic rings. The lowest BCUT2D eigenvalue weighted by Gasteiger charge is -2.18. The van der Waals surface area contributed by atoms with Crippen LogP contribution in [0.2, 0.25) is 0 Å². The largest absolute Gasteiger partial charge is 0.496 e. The molecule has 3 nitrogen and oxygen atoms in total. The smallest absolute Gasteiger partial charge is 0.123 e. The van der Waals surface area contributed by atoms with Crippen molar-refractivity contribution in [1.29, 1.82) is 5.26 Å². The monoisotopic (exact) mass is 289 g/mol. The van der Waals surface area contributed by atoms with Crippen LogP contribution in [0.4, 0.5) is 0 Å². The zero-order valence-electron chi connectivity index (χ0n) is 13.7. The number of nitriles is 1. The molecule has 0 fully saturated rings. The Kier molecular flexibility index (Phi) is 7.68. The van der Waals surface area contributed by atoms with Gasteiger partial charge in [-0.1, -0.05) is 33.1 Å². The van der Waals surface area contributed by atoms with Gasteiger partial charge in [-0.2, -0.15) is 5.26 Å². The molecule has 0 amide bonds. The van der Waals surface area contributed by atoms with Crippen molar-refractivity contribution < 1.29 is 9.47 Å². The first kappa shape index (κ1) is 17.4. The van der Waals surface area contributed by atoms with Crippen molar-refractivity contribution in [2.75, 3.05) is 13.7 Å². The Hall–Kier alpha value is -1.69. The fourth-order valence-electron chi connectivity index (χ4n) is 2.38. The van der Waals surface area contributed by atoms with Crippen LogP contribution in [-0.4, -0.2) is 13.7 Å². The van der Waals surface area contributed by atoms with Gasteiger partial charge in [0.05, 0.1) is 26.2 Å². The van der Waals surface area contributed by atoms with E-state index in [-0.39, 0.29) is 0 Å². The minimum Gasteiger partial charge on any atom is -0.496 e. The van der Waals surface area contributed by atoms with E-state index in [1.54, 1.807) is 7.11 Å². The normalized spacial score (nSPS) is 11.8. The number of ether oxygens (including phenoxy) is 2. The zero-order chi connectivity index (χ0) is 15.7. The van der Waals surface area contributed by atoms with Crippen LogP contribution in [0.3, 0.4) is 0 Å². The van der Waals surface area contributed by atoms with Crippen molar-refractivity contribution in [2.24, 2.45) is 5.92 Å². The Labute approximate surface area is 128 Å². The fourth-order valence-corrected chi connectivity index (χ4v) is 2.38. The number of unbranched alkanes of at least 4 members (excludes halogenated alkanes) is 1. The van der Waals surface area contributed by atoms with Crippen LogP contribution in [0.5, 0.6) is 11.5 Å². The van der Waals surface area contributed by atoms with E-state index in [0.717, 1.165) is 35.7 Å². The molecule has 1 aromatic carbocycles. The summed E-state index contributed by atoms with van der Waals surface area (Å²) >= 11 is 0. The number of hydrogen-bond donors (Lipinski definition) is 0. The van der Waals surface area contributed by atoms with Gasteiger partial charge in [0.15, 0.2) is 0 Å². The highest BCUT2D eigenvalue weighted by atomic mass is 16.5. The Morgan fingerprint density at radius 2 is 2.00 bits per heavy atom. The Bertz CT molecular complexity index is 477. The third-order valence-electron chi connectivity index (χ3n) is 3.87. The Balaban J connectivity index is 2.78. The van der Waals surface area contributed by atoms with Crippen molar-refractivity contribution in [3.05, 3.63) is 23.3 Å². The van der Waals surface area contributed by atoms with Crippen LogP contribution in [-0.2, 0) is 6.42 Å². The average Bonchev–Trinajstić information content (AvgIpc) is 2.50. The molecule has 0 spiro atoms. The second-order valence-corrected chi connectivity index (χ2v) is 5.49. The van der Waals surface area contributed by atoms with Crippen LogP contribution in [0, 0.1) is 24.2 Å². The summed E-state index contributed by atoms with van der Waals surface area (Å²) in [4.78, 5) is 0. The number of aryl methyl sites for hydroxylation is 1. The average molecular weight is 289 g/mol. The fraction of sp³-hybridized carbons (Fsp3) is 0.611. The van der Waals surface area contributed by atoms with Gasteiger partial charge in [-0.3, -0.25) is 0 Å². The van der Waals surface area contributed by atoms with Crippen molar-refractivity contribution in [1.82, 2.24) is 0 Å². The van der Waals surface area contributed by atoms with Gasteiger partial charge in [0, 0.05) is 5.56 Å². The van der Waals surface area contributed by atoms with E-state index in [9.17, 15) is 0 Å². The topological polar surface area (TPSA) is 42.2 Å². The molecule has 0 saturated carbocycles. The summed E-state index contributed by atoms with van der Waals surface area (Å²) in [6, 6.07) is 6.08. The number of hydrogen-bond acceptors (Lipinski definition) is 3. The van der Waals surface area contributed by atoms with E-state index in [0.29, 0.717) is 12.3 Å². The maximum atomic E-state index is 8.91. The predicted molar refractivity (Wildman–Crippen MR) is 85.8 cm³/mol. The summed E-state index contributed by atoms with van der Waals surface area (Å²) in [5.41, 5.74) is 1.95. The van der Waals surface area contributed by atoms with Crippen molar-refractivity contribution >= 4 is 0 Å². The molecule has 116 valence electrons. The third kappa shape index (κ3) is 5.30. The SMILES string of the molecule is CCCCC(CC)COc1cc(CC#N)c(OC)cc1C. The Morgan fingerprint density at radius 3 is 2.57 bits per heavy atom. The molecule has 1 aromatic rings. The first-order valence-corrected chi connectivity index (χ1v) is 7.83. The van der Waals surface area contributed by atoms with Crippen molar-refractivity contribution in [3.63, 3.8) is 0 Å². The Morgan fingerprint density at radius 1 is 1.24 bits per heavy atom. The molecule has 0 saturated heterocycles. The van der Waals surface area contributed by atoms with Gasteiger partial charge in [-0.15, -0.1) is 0 Å². The lowest BCUT2D eigenvalue weighted by molar-refractivity contribution is 0.231. The van der Waals surface area contributed by atoms with E-state index in [1.807, 2.05) is 19.1 Å².